The zero-order valence-corrected chi connectivity index (χ0v) is 17.3. The number of anilines is 2. The number of hydrogen-bond acceptors (Lipinski definition) is 10. The molecule has 4 rings (SSSR count). The average molecular weight is 450 g/mol. The van der Waals surface area contributed by atoms with Crippen molar-refractivity contribution in [3.8, 4) is 11.8 Å². The second kappa shape index (κ2) is 14.2. The number of hydrazone groups is 1. The van der Waals surface area contributed by atoms with Gasteiger partial charge in [0.05, 0.1) is 29.8 Å². The molecule has 4 heterocycles. The monoisotopic (exact) mass is 450 g/mol. The van der Waals surface area contributed by atoms with Gasteiger partial charge in [0, 0.05) is 44.5 Å². The number of rotatable bonds is 2. The van der Waals surface area contributed by atoms with Gasteiger partial charge in [-0.05, 0) is 24.3 Å². The molecule has 3 aromatic heterocycles. The molecule has 0 aromatic carbocycles. The topological polar surface area (TPSA) is 169 Å². The Balaban J connectivity index is 0.000000239. The summed E-state index contributed by atoms with van der Waals surface area (Å²) in [6.07, 6.45) is 9.61. The third kappa shape index (κ3) is 8.92. The molecule has 0 fully saturated rings. The van der Waals surface area contributed by atoms with E-state index in [0.29, 0.717) is 11.7 Å². The van der Waals surface area contributed by atoms with Gasteiger partial charge >= 0.3 is 22.5 Å². The summed E-state index contributed by atoms with van der Waals surface area (Å²) in [5, 5.41) is 17.4. The van der Waals surface area contributed by atoms with Gasteiger partial charge in [0.2, 0.25) is 0 Å². The Morgan fingerprint density at radius 3 is 2.03 bits per heavy atom. The second-order valence-electron chi connectivity index (χ2n) is 5.36. The van der Waals surface area contributed by atoms with Crippen LogP contribution in [0.5, 0.6) is 0 Å². The quantitative estimate of drug-likeness (QED) is 0.552. The van der Waals surface area contributed by atoms with E-state index in [1.807, 2.05) is 29.3 Å². The Kier molecular flexibility index (Phi) is 11.5. The number of aromatic nitrogens is 4. The maximum atomic E-state index is 8.41. The number of nitrogen functional groups attached to an aromatic ring is 1. The summed E-state index contributed by atoms with van der Waals surface area (Å²) < 4.78 is 18.5. The Morgan fingerprint density at radius 2 is 1.63 bits per heavy atom. The Bertz CT molecular complexity index is 982. The third-order valence-electron chi connectivity index (χ3n) is 3.29. The molecule has 1 aliphatic rings. The van der Waals surface area contributed by atoms with Gasteiger partial charge in [-0.15, -0.1) is 0 Å². The molecule has 0 spiro atoms. The van der Waals surface area contributed by atoms with E-state index >= 15 is 0 Å². The normalized spacial score (nSPS) is 11.2. The zero-order valence-electron chi connectivity index (χ0n) is 16.2. The SMILES string of the molecule is CC#N.NC1=NN(c2cccnc2)CC1.Nc1ccn(-c2cccnc2)n1.[O]=[Mn]=[O]. The van der Waals surface area contributed by atoms with Crippen LogP contribution in [0.25, 0.3) is 5.69 Å². The molecular formula is C18H21MnN9O2. The molecule has 0 saturated heterocycles. The number of hydrogen-bond donors (Lipinski definition) is 2. The Labute approximate surface area is 179 Å². The molecule has 1 aliphatic heterocycles. The van der Waals surface area contributed by atoms with Crippen LogP contribution >= 0.6 is 0 Å². The summed E-state index contributed by atoms with van der Waals surface area (Å²) in [5.41, 5.74) is 12.9. The van der Waals surface area contributed by atoms with Gasteiger partial charge in [-0.3, -0.25) is 15.0 Å². The van der Waals surface area contributed by atoms with E-state index in [-0.39, 0.29) is 0 Å². The number of nitriles is 1. The molecule has 157 valence electrons. The first-order valence-corrected chi connectivity index (χ1v) is 9.44. The van der Waals surface area contributed by atoms with Crippen molar-refractivity contribution in [1.82, 2.24) is 19.7 Å². The molecule has 0 unspecified atom stereocenters. The fourth-order valence-corrected chi connectivity index (χ4v) is 2.14. The van der Waals surface area contributed by atoms with Gasteiger partial charge in [-0.1, -0.05) is 0 Å². The van der Waals surface area contributed by atoms with Crippen molar-refractivity contribution < 1.29 is 22.5 Å². The van der Waals surface area contributed by atoms with Crippen LogP contribution in [0.3, 0.4) is 0 Å². The molecule has 0 aliphatic carbocycles. The van der Waals surface area contributed by atoms with Crippen LogP contribution in [0.1, 0.15) is 13.3 Å². The molecule has 4 N–H and O–H groups in total. The minimum atomic E-state index is -1.44. The zero-order chi connectivity index (χ0) is 22.2. The van der Waals surface area contributed by atoms with Crippen LogP contribution < -0.4 is 16.5 Å². The summed E-state index contributed by atoms with van der Waals surface area (Å²) in [7, 11) is 0. The Morgan fingerprint density at radius 1 is 1.07 bits per heavy atom. The first kappa shape index (κ1) is 24.2. The molecule has 0 bridgehead atoms. The summed E-state index contributed by atoms with van der Waals surface area (Å²) in [6.45, 7) is 2.29. The van der Waals surface area contributed by atoms with Crippen molar-refractivity contribution in [1.29, 1.82) is 5.26 Å². The molecular weight excluding hydrogens is 429 g/mol. The van der Waals surface area contributed by atoms with Crippen LogP contribution in [0, 0.1) is 11.3 Å². The molecule has 0 atom stereocenters. The van der Waals surface area contributed by atoms with E-state index in [1.54, 1.807) is 47.8 Å². The first-order chi connectivity index (χ1) is 14.5. The van der Waals surface area contributed by atoms with E-state index in [2.05, 4.69) is 20.2 Å². The van der Waals surface area contributed by atoms with Crippen molar-refractivity contribution >= 4 is 17.3 Å². The fourth-order valence-electron chi connectivity index (χ4n) is 2.14. The van der Waals surface area contributed by atoms with Gasteiger partial charge in [0.25, 0.3) is 0 Å². The number of amidine groups is 1. The minimum absolute atomic E-state index is 0.513. The predicted octanol–water partition coefficient (Wildman–Crippen LogP) is 1.70. The molecule has 11 nitrogen and oxygen atoms in total. The van der Waals surface area contributed by atoms with Crippen LogP contribution in [0.2, 0.25) is 0 Å². The van der Waals surface area contributed by atoms with Crippen LogP contribution in [0.4, 0.5) is 11.5 Å². The molecule has 0 amide bonds. The van der Waals surface area contributed by atoms with Crippen LogP contribution in [0.15, 0.2) is 66.4 Å². The van der Waals surface area contributed by atoms with E-state index in [0.717, 1.165) is 24.3 Å². The maximum absolute atomic E-state index is 8.41. The molecule has 12 heteroatoms. The van der Waals surface area contributed by atoms with E-state index in [9.17, 15) is 0 Å². The van der Waals surface area contributed by atoms with Crippen molar-refractivity contribution in [3.63, 3.8) is 0 Å². The van der Waals surface area contributed by atoms with Gasteiger partial charge in [-0.25, -0.2) is 4.68 Å². The third-order valence-corrected chi connectivity index (χ3v) is 3.29. The number of nitrogens with two attached hydrogens (primary N) is 2. The molecule has 3 aromatic rings. The summed E-state index contributed by atoms with van der Waals surface area (Å²) in [5.74, 6) is 1.21. The predicted molar refractivity (Wildman–Crippen MR) is 106 cm³/mol. The van der Waals surface area contributed by atoms with E-state index < -0.39 is 14.8 Å². The average Bonchev–Trinajstić information content (AvgIpc) is 3.39. The fraction of sp³-hybridized carbons (Fsp3) is 0.167. The van der Waals surface area contributed by atoms with E-state index in [4.69, 9.17) is 24.4 Å². The van der Waals surface area contributed by atoms with Crippen LogP contribution in [-0.2, 0) is 22.5 Å². The van der Waals surface area contributed by atoms with Crippen molar-refractivity contribution in [2.24, 2.45) is 10.8 Å². The number of nitrogens with zero attached hydrogens (tertiary/aromatic N) is 7. The van der Waals surface area contributed by atoms with Crippen molar-refractivity contribution in [2.45, 2.75) is 13.3 Å². The van der Waals surface area contributed by atoms with Gasteiger partial charge in [0.15, 0.2) is 0 Å². The van der Waals surface area contributed by atoms with Gasteiger partial charge < -0.3 is 11.5 Å². The van der Waals surface area contributed by atoms with Crippen LogP contribution in [-0.4, -0.2) is 32.1 Å². The summed E-state index contributed by atoms with van der Waals surface area (Å²) in [6, 6.07) is 11.1. The molecule has 30 heavy (non-hydrogen) atoms. The number of pyridine rings is 2. The second-order valence-corrected chi connectivity index (χ2v) is 5.56. The summed E-state index contributed by atoms with van der Waals surface area (Å²) >= 11 is -1.44. The summed E-state index contributed by atoms with van der Waals surface area (Å²) in [4.78, 5) is 7.97. The van der Waals surface area contributed by atoms with Crippen molar-refractivity contribution in [2.75, 3.05) is 17.3 Å². The van der Waals surface area contributed by atoms with Gasteiger partial charge in [0.1, 0.15) is 11.7 Å². The Hall–Kier alpha value is -3.81. The first-order valence-electron chi connectivity index (χ1n) is 8.47. The molecule has 0 radical (unpaired) electrons. The van der Waals surface area contributed by atoms with Gasteiger partial charge in [-0.2, -0.15) is 15.5 Å². The van der Waals surface area contributed by atoms with Crippen molar-refractivity contribution in [3.05, 3.63) is 61.3 Å². The standard InChI is InChI=1S/C8H10N4.C8H8N4.C2H3N.Mn.2O/c2*9-8-3-5-12(11-8)7-2-1-4-10-6-7;1-2-3;;;/h1-2,4,6H,3,5H2,(H2,9,11);1-6H,(H2,9,11);1H3;;;. The molecule has 0 saturated carbocycles. The van der Waals surface area contributed by atoms with E-state index in [1.165, 1.54) is 6.92 Å².